The Morgan fingerprint density at radius 1 is 1.10 bits per heavy atom. The molecule has 1 atom stereocenters. The lowest BCUT2D eigenvalue weighted by Crippen LogP contribution is -2.32. The van der Waals surface area contributed by atoms with Crippen LogP contribution in [0, 0.1) is 0 Å². The van der Waals surface area contributed by atoms with Gasteiger partial charge in [-0.1, -0.05) is 6.07 Å². The number of nitrogens with one attached hydrogen (secondary N) is 2. The van der Waals surface area contributed by atoms with E-state index in [0.717, 1.165) is 74.9 Å². The van der Waals surface area contributed by atoms with Crippen LogP contribution in [0.5, 0.6) is 11.5 Å². The van der Waals surface area contributed by atoms with Crippen molar-refractivity contribution < 1.29 is 14.2 Å². The van der Waals surface area contributed by atoms with Crippen molar-refractivity contribution in [1.29, 1.82) is 0 Å². The zero-order chi connectivity index (χ0) is 19.7. The molecule has 2 aliphatic rings. The van der Waals surface area contributed by atoms with Gasteiger partial charge in [0.25, 0.3) is 0 Å². The van der Waals surface area contributed by atoms with Crippen LogP contribution >= 0.6 is 11.3 Å². The third-order valence-corrected chi connectivity index (χ3v) is 5.94. The predicted octanol–water partition coefficient (Wildman–Crippen LogP) is 4.08. The molecule has 1 aromatic carbocycles. The van der Waals surface area contributed by atoms with E-state index in [9.17, 15) is 0 Å². The van der Waals surface area contributed by atoms with E-state index in [0.29, 0.717) is 19.3 Å². The largest absolute Gasteiger partial charge is 0.490 e. The van der Waals surface area contributed by atoms with Gasteiger partial charge in [-0.3, -0.25) is 4.99 Å². The van der Waals surface area contributed by atoms with Gasteiger partial charge >= 0.3 is 0 Å². The van der Waals surface area contributed by atoms with Gasteiger partial charge < -0.3 is 24.8 Å². The van der Waals surface area contributed by atoms with Crippen molar-refractivity contribution in [3.63, 3.8) is 0 Å². The number of fused-ring (bicyclic) bond motifs is 1. The molecule has 0 saturated carbocycles. The van der Waals surface area contributed by atoms with Crippen molar-refractivity contribution in [2.75, 3.05) is 38.2 Å². The predicted molar refractivity (Wildman–Crippen MR) is 118 cm³/mol. The summed E-state index contributed by atoms with van der Waals surface area (Å²) in [4.78, 5) is 6.15. The molecule has 0 radical (unpaired) electrons. The van der Waals surface area contributed by atoms with Crippen molar-refractivity contribution in [3.8, 4) is 11.5 Å². The Kier molecular flexibility index (Phi) is 7.26. The fraction of sp³-hybridized carbons (Fsp3) is 0.500. The maximum atomic E-state index is 5.81. The highest BCUT2D eigenvalue weighted by atomic mass is 32.1. The summed E-state index contributed by atoms with van der Waals surface area (Å²) in [5, 5.41) is 8.99. The number of aliphatic imine (C=N–C) groups is 1. The molecule has 1 aromatic heterocycles. The Bertz CT molecular complexity index is 789. The molecule has 0 amide bonds. The van der Waals surface area contributed by atoms with Crippen molar-refractivity contribution in [2.45, 2.75) is 38.2 Å². The first-order valence-corrected chi connectivity index (χ1v) is 11.3. The summed E-state index contributed by atoms with van der Waals surface area (Å²) >= 11 is 1.78. The van der Waals surface area contributed by atoms with Crippen LogP contribution in [0.25, 0.3) is 0 Å². The lowest BCUT2D eigenvalue weighted by molar-refractivity contribution is 0.106. The third-order valence-electron chi connectivity index (χ3n) is 5.00. The fourth-order valence-corrected chi connectivity index (χ4v) is 4.18. The zero-order valence-electron chi connectivity index (χ0n) is 16.7. The van der Waals surface area contributed by atoms with E-state index in [1.807, 2.05) is 18.2 Å². The number of ether oxygens (including phenoxy) is 3. The molecular formula is C22H29N3O3S. The second-order valence-electron chi connectivity index (χ2n) is 7.25. The second-order valence-corrected chi connectivity index (χ2v) is 8.28. The van der Waals surface area contributed by atoms with Gasteiger partial charge in [0.1, 0.15) is 0 Å². The monoisotopic (exact) mass is 415 g/mol. The summed E-state index contributed by atoms with van der Waals surface area (Å²) in [6.07, 6.45) is 5.49. The number of guanidine groups is 1. The van der Waals surface area contributed by atoms with Crippen molar-refractivity contribution in [1.82, 2.24) is 5.32 Å². The molecule has 4 rings (SSSR count). The molecule has 1 fully saturated rings. The minimum atomic E-state index is 0.351. The van der Waals surface area contributed by atoms with Crippen LogP contribution in [0.4, 0.5) is 5.69 Å². The molecule has 0 bridgehead atoms. The van der Waals surface area contributed by atoms with Gasteiger partial charge in [-0.15, -0.1) is 11.3 Å². The molecule has 7 heteroatoms. The first-order chi connectivity index (χ1) is 14.4. The van der Waals surface area contributed by atoms with E-state index in [1.54, 1.807) is 11.3 Å². The third kappa shape index (κ3) is 6.11. The molecule has 156 valence electrons. The number of hydrogen-bond acceptors (Lipinski definition) is 5. The summed E-state index contributed by atoms with van der Waals surface area (Å²) in [5.41, 5.74) is 0.939. The Hall–Kier alpha value is -2.25. The minimum absolute atomic E-state index is 0.351. The number of hydrogen-bond donors (Lipinski definition) is 2. The molecule has 2 aliphatic heterocycles. The van der Waals surface area contributed by atoms with Crippen LogP contribution in [0.3, 0.4) is 0 Å². The molecule has 1 unspecified atom stereocenters. The Balaban J connectivity index is 1.38. The summed E-state index contributed by atoms with van der Waals surface area (Å²) < 4.78 is 17.3. The summed E-state index contributed by atoms with van der Waals surface area (Å²) in [7, 11) is 0. The molecule has 0 spiro atoms. The lowest BCUT2D eigenvalue weighted by atomic mass is 10.2. The minimum Gasteiger partial charge on any atom is -0.490 e. The normalized spacial score (nSPS) is 19.0. The van der Waals surface area contributed by atoms with Gasteiger partial charge in [0.2, 0.25) is 0 Å². The summed E-state index contributed by atoms with van der Waals surface area (Å²) in [5.74, 6) is 2.37. The average Bonchev–Trinajstić information content (AvgIpc) is 3.39. The topological polar surface area (TPSA) is 64.1 Å². The van der Waals surface area contributed by atoms with E-state index in [2.05, 4.69) is 28.1 Å². The van der Waals surface area contributed by atoms with Gasteiger partial charge in [-0.25, -0.2) is 0 Å². The molecular weight excluding hydrogens is 386 g/mol. The number of benzene rings is 1. The van der Waals surface area contributed by atoms with E-state index in [1.165, 1.54) is 4.88 Å². The smallest absolute Gasteiger partial charge is 0.195 e. The van der Waals surface area contributed by atoms with Crippen LogP contribution in [-0.2, 0) is 11.2 Å². The Morgan fingerprint density at radius 2 is 2.03 bits per heavy atom. The number of thiophene rings is 1. The Morgan fingerprint density at radius 3 is 2.86 bits per heavy atom. The lowest BCUT2D eigenvalue weighted by Gasteiger charge is -2.15. The molecule has 2 aromatic rings. The zero-order valence-corrected chi connectivity index (χ0v) is 17.5. The Labute approximate surface area is 176 Å². The number of rotatable bonds is 7. The first-order valence-electron chi connectivity index (χ1n) is 10.5. The van der Waals surface area contributed by atoms with Crippen LogP contribution in [0.15, 0.2) is 40.7 Å². The van der Waals surface area contributed by atoms with Crippen LogP contribution in [0.1, 0.15) is 30.6 Å². The van der Waals surface area contributed by atoms with Crippen LogP contribution in [0.2, 0.25) is 0 Å². The quantitative estimate of drug-likeness (QED) is 0.527. The molecule has 3 heterocycles. The second kappa shape index (κ2) is 10.5. The number of anilines is 1. The maximum absolute atomic E-state index is 5.81. The fourth-order valence-electron chi connectivity index (χ4n) is 3.47. The van der Waals surface area contributed by atoms with Crippen molar-refractivity contribution in [3.05, 3.63) is 40.6 Å². The van der Waals surface area contributed by atoms with Crippen LogP contribution < -0.4 is 20.1 Å². The molecule has 0 aliphatic carbocycles. The van der Waals surface area contributed by atoms with Crippen molar-refractivity contribution in [2.24, 2.45) is 4.99 Å². The maximum Gasteiger partial charge on any atom is 0.195 e. The molecule has 2 N–H and O–H groups in total. The molecule has 1 saturated heterocycles. The van der Waals surface area contributed by atoms with Gasteiger partial charge in [-0.05, 0) is 49.3 Å². The summed E-state index contributed by atoms with van der Waals surface area (Å²) in [6, 6.07) is 10.2. The average molecular weight is 416 g/mol. The highest BCUT2D eigenvalue weighted by molar-refractivity contribution is 7.09. The number of nitrogens with zero attached hydrogens (tertiary/aromatic N) is 1. The van der Waals surface area contributed by atoms with Crippen molar-refractivity contribution >= 4 is 23.0 Å². The van der Waals surface area contributed by atoms with E-state index in [4.69, 9.17) is 19.2 Å². The van der Waals surface area contributed by atoms with Gasteiger partial charge in [0.05, 0.1) is 19.3 Å². The SMILES string of the molecule is c1csc(CCNC(=NCCC2CCCO2)Nc2ccc3c(c2)OCCCO3)c1. The van der Waals surface area contributed by atoms with E-state index in [-0.39, 0.29) is 0 Å². The molecule has 29 heavy (non-hydrogen) atoms. The highest BCUT2D eigenvalue weighted by Crippen LogP contribution is 2.32. The van der Waals surface area contributed by atoms with Crippen LogP contribution in [-0.4, -0.2) is 45.0 Å². The van der Waals surface area contributed by atoms with Gasteiger partial charge in [0, 0.05) is 42.7 Å². The standard InChI is InChI=1S/C22H29N3O3S/c1-4-18(26-12-1)8-10-23-22(24-11-9-19-5-2-15-29-19)25-17-6-7-20-21(16-17)28-14-3-13-27-20/h2,5-7,15-16,18H,1,3-4,8-14H2,(H2,23,24,25). The summed E-state index contributed by atoms with van der Waals surface area (Å²) in [6.45, 7) is 3.83. The van der Waals surface area contributed by atoms with E-state index >= 15 is 0 Å². The van der Waals surface area contributed by atoms with Gasteiger partial charge in [-0.2, -0.15) is 0 Å². The first kappa shape index (κ1) is 20.0. The van der Waals surface area contributed by atoms with E-state index < -0.39 is 0 Å². The highest BCUT2D eigenvalue weighted by Gasteiger charge is 2.15. The molecule has 6 nitrogen and oxygen atoms in total. The van der Waals surface area contributed by atoms with Gasteiger partial charge in [0.15, 0.2) is 17.5 Å².